The number of thiazole rings is 1. The highest BCUT2D eigenvalue weighted by Gasteiger charge is 2.25. The molecule has 0 unspecified atom stereocenters. The molecule has 4 heterocycles. The number of anilines is 3. The van der Waals surface area contributed by atoms with Gasteiger partial charge in [0.05, 0.1) is 24.9 Å². The zero-order valence-corrected chi connectivity index (χ0v) is 18.5. The van der Waals surface area contributed by atoms with Crippen molar-refractivity contribution < 1.29 is 4.74 Å². The Morgan fingerprint density at radius 3 is 2.77 bits per heavy atom. The molecule has 4 aromatic rings. The van der Waals surface area contributed by atoms with Crippen LogP contribution in [0.1, 0.15) is 16.1 Å². The quantitative estimate of drug-likeness (QED) is 0.511. The number of likely N-dealkylation sites (N-methyl/N-ethyl adjacent to an activating group) is 1. The summed E-state index contributed by atoms with van der Waals surface area (Å²) in [7, 11) is 3.76. The average molecular weight is 434 g/mol. The maximum absolute atomic E-state index is 5.25. The Morgan fingerprint density at radius 1 is 1.16 bits per heavy atom. The summed E-state index contributed by atoms with van der Waals surface area (Å²) in [6.07, 6.45) is 4.76. The molecule has 0 saturated heterocycles. The summed E-state index contributed by atoms with van der Waals surface area (Å²) >= 11 is 1.65. The fourth-order valence-corrected chi connectivity index (χ4v) is 4.58. The standard InChI is InChI=1S/C22H23N7OS/c1-14-8-10-23-21(24-14)26-22-25-19-17-13-29(12-15-4-6-16(30-3)7-5-15)27-20(17)28(2)11-9-18(19)31-22/h4-8,10,13H,9,11-12H2,1-3H3,(H,23,24,25,26). The third-order valence-corrected chi connectivity index (χ3v) is 6.28. The molecule has 0 atom stereocenters. The van der Waals surface area contributed by atoms with Crippen LogP contribution in [-0.2, 0) is 13.0 Å². The summed E-state index contributed by atoms with van der Waals surface area (Å²) in [5.74, 6) is 2.37. The molecule has 31 heavy (non-hydrogen) atoms. The van der Waals surface area contributed by atoms with Crippen LogP contribution in [0.25, 0.3) is 11.3 Å². The van der Waals surface area contributed by atoms with Crippen molar-refractivity contribution in [2.75, 3.05) is 30.9 Å². The molecule has 0 aliphatic carbocycles. The third-order valence-electron chi connectivity index (χ3n) is 5.25. The summed E-state index contributed by atoms with van der Waals surface area (Å²) in [6, 6.07) is 9.95. The lowest BCUT2D eigenvalue weighted by molar-refractivity contribution is 0.414. The number of fused-ring (bicyclic) bond motifs is 3. The maximum atomic E-state index is 5.25. The zero-order valence-electron chi connectivity index (χ0n) is 17.7. The van der Waals surface area contributed by atoms with Gasteiger partial charge in [-0.2, -0.15) is 5.10 Å². The molecule has 0 saturated carbocycles. The second-order valence-corrected chi connectivity index (χ2v) is 8.60. The Kier molecular flexibility index (Phi) is 5.03. The molecule has 0 radical (unpaired) electrons. The van der Waals surface area contributed by atoms with Gasteiger partial charge in [-0.1, -0.05) is 12.1 Å². The summed E-state index contributed by atoms with van der Waals surface area (Å²) in [6.45, 7) is 3.53. The van der Waals surface area contributed by atoms with Gasteiger partial charge < -0.3 is 15.0 Å². The highest BCUT2D eigenvalue weighted by atomic mass is 32.1. The lowest BCUT2D eigenvalue weighted by Crippen LogP contribution is -2.20. The summed E-state index contributed by atoms with van der Waals surface area (Å²) < 4.78 is 7.23. The first-order valence-corrected chi connectivity index (χ1v) is 10.9. The topological polar surface area (TPSA) is 81.0 Å². The molecule has 1 aromatic carbocycles. The number of benzene rings is 1. The van der Waals surface area contributed by atoms with Crippen molar-refractivity contribution in [3.05, 3.63) is 58.9 Å². The second-order valence-electron chi connectivity index (χ2n) is 7.52. The molecule has 158 valence electrons. The SMILES string of the molecule is COc1ccc(Cn2cc3c(n2)N(C)CCc2sc(Nc4nccc(C)n4)nc2-3)cc1. The predicted octanol–water partition coefficient (Wildman–Crippen LogP) is 3.90. The minimum absolute atomic E-state index is 0.566. The van der Waals surface area contributed by atoms with Crippen molar-refractivity contribution >= 4 is 28.2 Å². The van der Waals surface area contributed by atoms with Crippen LogP contribution in [0, 0.1) is 6.92 Å². The van der Waals surface area contributed by atoms with Crippen LogP contribution in [0.3, 0.4) is 0 Å². The largest absolute Gasteiger partial charge is 0.497 e. The smallest absolute Gasteiger partial charge is 0.229 e. The van der Waals surface area contributed by atoms with Gasteiger partial charge in [-0.05, 0) is 30.7 Å². The third kappa shape index (κ3) is 3.96. The molecule has 0 amide bonds. The molecule has 3 aromatic heterocycles. The Balaban J connectivity index is 1.45. The fourth-order valence-electron chi connectivity index (χ4n) is 3.62. The van der Waals surface area contributed by atoms with Gasteiger partial charge in [0.15, 0.2) is 10.9 Å². The lowest BCUT2D eigenvalue weighted by Gasteiger charge is -2.14. The number of aryl methyl sites for hydroxylation is 1. The fraction of sp³-hybridized carbons (Fsp3) is 0.273. The summed E-state index contributed by atoms with van der Waals surface area (Å²) in [5.41, 5.74) is 4.12. The molecule has 1 aliphatic rings. The minimum atomic E-state index is 0.566. The molecule has 0 bridgehead atoms. The molecule has 1 aliphatic heterocycles. The van der Waals surface area contributed by atoms with Crippen LogP contribution in [0.5, 0.6) is 5.75 Å². The van der Waals surface area contributed by atoms with Crippen molar-refractivity contribution in [3.8, 4) is 17.0 Å². The van der Waals surface area contributed by atoms with Gasteiger partial charge in [0.1, 0.15) is 5.75 Å². The summed E-state index contributed by atoms with van der Waals surface area (Å²) in [4.78, 5) is 17.0. The van der Waals surface area contributed by atoms with E-state index in [1.807, 2.05) is 29.8 Å². The molecule has 5 rings (SSSR count). The Labute approximate surface area is 184 Å². The van der Waals surface area contributed by atoms with Gasteiger partial charge in [-0.25, -0.2) is 15.0 Å². The van der Waals surface area contributed by atoms with E-state index in [0.29, 0.717) is 12.5 Å². The molecule has 0 spiro atoms. The van der Waals surface area contributed by atoms with Gasteiger partial charge in [-0.3, -0.25) is 4.68 Å². The first-order valence-electron chi connectivity index (χ1n) is 10.1. The van der Waals surface area contributed by atoms with Crippen LogP contribution < -0.4 is 15.0 Å². The van der Waals surface area contributed by atoms with Crippen molar-refractivity contribution in [1.29, 1.82) is 0 Å². The first kappa shape index (κ1) is 19.5. The van der Waals surface area contributed by atoms with E-state index in [-0.39, 0.29) is 0 Å². The lowest BCUT2D eigenvalue weighted by atomic mass is 10.2. The number of rotatable bonds is 5. The average Bonchev–Trinajstić information content (AvgIpc) is 3.34. The van der Waals surface area contributed by atoms with Gasteiger partial charge in [0.2, 0.25) is 5.95 Å². The maximum Gasteiger partial charge on any atom is 0.229 e. The van der Waals surface area contributed by atoms with Crippen LogP contribution in [0.15, 0.2) is 42.7 Å². The van der Waals surface area contributed by atoms with Crippen molar-refractivity contribution in [1.82, 2.24) is 24.7 Å². The number of methoxy groups -OCH3 is 1. The minimum Gasteiger partial charge on any atom is -0.497 e. The van der Waals surface area contributed by atoms with Crippen LogP contribution >= 0.6 is 11.3 Å². The Bertz CT molecular complexity index is 1220. The number of hydrogen-bond donors (Lipinski definition) is 1. The van der Waals surface area contributed by atoms with E-state index in [1.54, 1.807) is 24.6 Å². The number of nitrogens with one attached hydrogen (secondary N) is 1. The van der Waals surface area contributed by atoms with Crippen LogP contribution in [0.4, 0.5) is 16.9 Å². The van der Waals surface area contributed by atoms with E-state index < -0.39 is 0 Å². The van der Waals surface area contributed by atoms with E-state index in [2.05, 4.69) is 45.6 Å². The normalized spacial score (nSPS) is 12.8. The second kappa shape index (κ2) is 7.99. The number of aromatic nitrogens is 5. The number of hydrogen-bond acceptors (Lipinski definition) is 8. The number of nitrogens with zero attached hydrogens (tertiary/aromatic N) is 6. The molecule has 8 nitrogen and oxygen atoms in total. The summed E-state index contributed by atoms with van der Waals surface area (Å²) in [5, 5.41) is 8.92. The van der Waals surface area contributed by atoms with E-state index >= 15 is 0 Å². The Hall–Kier alpha value is -3.46. The van der Waals surface area contributed by atoms with Crippen LogP contribution in [0.2, 0.25) is 0 Å². The van der Waals surface area contributed by atoms with Crippen molar-refractivity contribution in [2.45, 2.75) is 19.9 Å². The van der Waals surface area contributed by atoms with E-state index in [9.17, 15) is 0 Å². The van der Waals surface area contributed by atoms with Gasteiger partial charge in [-0.15, -0.1) is 11.3 Å². The highest BCUT2D eigenvalue weighted by molar-refractivity contribution is 7.16. The van der Waals surface area contributed by atoms with E-state index in [1.165, 1.54) is 10.4 Å². The molecule has 9 heteroatoms. The molecule has 0 fully saturated rings. The van der Waals surface area contributed by atoms with Gasteiger partial charge in [0, 0.05) is 43.0 Å². The zero-order chi connectivity index (χ0) is 21.4. The van der Waals surface area contributed by atoms with Gasteiger partial charge in [0.25, 0.3) is 0 Å². The van der Waals surface area contributed by atoms with E-state index in [4.69, 9.17) is 14.8 Å². The first-order chi connectivity index (χ1) is 15.1. The monoisotopic (exact) mass is 433 g/mol. The van der Waals surface area contributed by atoms with Crippen LogP contribution in [-0.4, -0.2) is 45.4 Å². The molecular formula is C22H23N7OS. The molecule has 1 N–H and O–H groups in total. The van der Waals surface area contributed by atoms with Gasteiger partial charge >= 0.3 is 0 Å². The Morgan fingerprint density at radius 2 is 2.00 bits per heavy atom. The predicted molar refractivity (Wildman–Crippen MR) is 122 cm³/mol. The van der Waals surface area contributed by atoms with E-state index in [0.717, 1.165) is 46.6 Å². The van der Waals surface area contributed by atoms with Crippen molar-refractivity contribution in [2.24, 2.45) is 0 Å². The molecular weight excluding hydrogens is 410 g/mol. The van der Waals surface area contributed by atoms with Crippen molar-refractivity contribution in [3.63, 3.8) is 0 Å². The number of ether oxygens (including phenoxy) is 1. The highest BCUT2D eigenvalue weighted by Crippen LogP contribution is 2.39.